The summed E-state index contributed by atoms with van der Waals surface area (Å²) >= 11 is 0. The van der Waals surface area contributed by atoms with Gasteiger partial charge in [0.1, 0.15) is 5.69 Å². The van der Waals surface area contributed by atoms with Crippen molar-refractivity contribution in [2.75, 3.05) is 6.54 Å². The van der Waals surface area contributed by atoms with E-state index in [-0.39, 0.29) is 11.7 Å². The van der Waals surface area contributed by atoms with Gasteiger partial charge in [-0.05, 0) is 43.5 Å². The maximum Gasteiger partial charge on any atom is 0.220 e. The molecule has 1 saturated carbocycles. The van der Waals surface area contributed by atoms with Crippen molar-refractivity contribution in [1.82, 2.24) is 15.6 Å². The van der Waals surface area contributed by atoms with Crippen molar-refractivity contribution in [3.05, 3.63) is 29.6 Å². The average molecular weight is 291 g/mol. The average Bonchev–Trinajstić information content (AvgIpc) is 3.30. The summed E-state index contributed by atoms with van der Waals surface area (Å²) in [5.74, 6) is 0.131. The lowest BCUT2D eigenvalue weighted by Crippen LogP contribution is -2.26. The molecule has 7 nitrogen and oxygen atoms in total. The molecule has 21 heavy (non-hydrogen) atoms. The normalized spacial score (nSPS) is 15.0. The third-order valence-corrected chi connectivity index (χ3v) is 3.22. The molecule has 0 atom stereocenters. The van der Waals surface area contributed by atoms with Crippen LogP contribution in [0.15, 0.2) is 23.5 Å². The summed E-state index contributed by atoms with van der Waals surface area (Å²) in [6.45, 7) is 1.41. The Labute approximate surface area is 123 Å². The summed E-state index contributed by atoms with van der Waals surface area (Å²) in [6.07, 6.45) is 5.21. The number of nitrogens with two attached hydrogens (primary N) is 1. The Bertz CT molecular complexity index is 514. The van der Waals surface area contributed by atoms with Crippen LogP contribution >= 0.6 is 0 Å². The van der Waals surface area contributed by atoms with Gasteiger partial charge in [-0.1, -0.05) is 5.16 Å². The van der Waals surface area contributed by atoms with Crippen LogP contribution in [0.4, 0.5) is 0 Å². The molecule has 1 fully saturated rings. The quantitative estimate of drug-likeness (QED) is 0.181. The Morgan fingerprint density at radius 3 is 3.05 bits per heavy atom. The van der Waals surface area contributed by atoms with Gasteiger partial charge in [-0.3, -0.25) is 9.78 Å². The van der Waals surface area contributed by atoms with Crippen molar-refractivity contribution < 1.29 is 10.0 Å². The van der Waals surface area contributed by atoms with E-state index in [1.54, 1.807) is 12.3 Å². The number of oxime groups is 1. The highest BCUT2D eigenvalue weighted by molar-refractivity contribution is 5.95. The van der Waals surface area contributed by atoms with Gasteiger partial charge in [0.25, 0.3) is 0 Å². The maximum atomic E-state index is 11.5. The van der Waals surface area contributed by atoms with Crippen molar-refractivity contribution in [1.29, 1.82) is 0 Å². The summed E-state index contributed by atoms with van der Waals surface area (Å²) < 4.78 is 0. The van der Waals surface area contributed by atoms with E-state index >= 15 is 0 Å². The monoisotopic (exact) mass is 291 g/mol. The Hall–Kier alpha value is -2.15. The van der Waals surface area contributed by atoms with Gasteiger partial charge in [0, 0.05) is 25.2 Å². The fourth-order valence-electron chi connectivity index (χ4n) is 1.91. The smallest absolute Gasteiger partial charge is 0.220 e. The minimum atomic E-state index is -0.00593. The van der Waals surface area contributed by atoms with Crippen LogP contribution in [0, 0.1) is 0 Å². The summed E-state index contributed by atoms with van der Waals surface area (Å²) in [6, 6.07) is 4.06. The van der Waals surface area contributed by atoms with Crippen LogP contribution in [0.25, 0.3) is 0 Å². The van der Waals surface area contributed by atoms with Crippen molar-refractivity contribution in [3.63, 3.8) is 0 Å². The van der Waals surface area contributed by atoms with Crippen molar-refractivity contribution in [2.24, 2.45) is 10.9 Å². The largest absolute Gasteiger partial charge is 0.409 e. The topological polar surface area (TPSA) is 113 Å². The SMILES string of the molecule is NC(=NO)c1cc(CNCCCC(=O)NC2CC2)ccn1. The molecule has 0 saturated heterocycles. The number of nitrogens with one attached hydrogen (secondary N) is 2. The molecule has 114 valence electrons. The van der Waals surface area contributed by atoms with Crippen LogP contribution in [0.2, 0.25) is 0 Å². The van der Waals surface area contributed by atoms with Crippen LogP contribution in [0.3, 0.4) is 0 Å². The molecule has 0 aromatic carbocycles. The van der Waals surface area contributed by atoms with E-state index in [4.69, 9.17) is 10.9 Å². The van der Waals surface area contributed by atoms with Crippen LogP contribution in [0.1, 0.15) is 36.9 Å². The van der Waals surface area contributed by atoms with E-state index in [1.807, 2.05) is 6.07 Å². The van der Waals surface area contributed by atoms with E-state index in [0.717, 1.165) is 31.4 Å². The van der Waals surface area contributed by atoms with Gasteiger partial charge >= 0.3 is 0 Å². The van der Waals surface area contributed by atoms with Crippen LogP contribution in [-0.2, 0) is 11.3 Å². The van der Waals surface area contributed by atoms with Crippen molar-refractivity contribution >= 4 is 11.7 Å². The van der Waals surface area contributed by atoms with Gasteiger partial charge in [-0.15, -0.1) is 0 Å². The number of hydrogen-bond donors (Lipinski definition) is 4. The minimum Gasteiger partial charge on any atom is -0.409 e. The molecule has 0 spiro atoms. The van der Waals surface area contributed by atoms with Crippen LogP contribution in [0.5, 0.6) is 0 Å². The van der Waals surface area contributed by atoms with Gasteiger partial charge in [0.05, 0.1) is 0 Å². The van der Waals surface area contributed by atoms with Gasteiger partial charge in [-0.25, -0.2) is 0 Å². The lowest BCUT2D eigenvalue weighted by atomic mass is 10.2. The first-order chi connectivity index (χ1) is 10.2. The standard InChI is InChI=1S/C14H21N5O2/c15-14(19-21)12-8-10(5-7-17-12)9-16-6-1-2-13(20)18-11-3-4-11/h5,7-8,11,16,21H,1-4,6,9H2,(H2,15,19)(H,18,20). The zero-order chi connectivity index (χ0) is 15.1. The second-order valence-electron chi connectivity index (χ2n) is 5.16. The Kier molecular flexibility index (Phi) is 5.51. The molecule has 1 aromatic rings. The maximum absolute atomic E-state index is 11.5. The lowest BCUT2D eigenvalue weighted by Gasteiger charge is -2.06. The molecule has 2 rings (SSSR count). The summed E-state index contributed by atoms with van der Waals surface area (Å²) in [4.78, 5) is 15.5. The number of nitrogens with zero attached hydrogens (tertiary/aromatic N) is 2. The first kappa shape index (κ1) is 15.2. The zero-order valence-corrected chi connectivity index (χ0v) is 11.9. The second-order valence-corrected chi connectivity index (χ2v) is 5.16. The van der Waals surface area contributed by atoms with Gasteiger partial charge < -0.3 is 21.6 Å². The highest BCUT2D eigenvalue weighted by Gasteiger charge is 2.22. The predicted octanol–water partition coefficient (Wildman–Crippen LogP) is 0.325. The Balaban J connectivity index is 1.65. The number of carbonyl (C=O) groups is 1. The number of aromatic nitrogens is 1. The van der Waals surface area contributed by atoms with Gasteiger partial charge in [-0.2, -0.15) is 0 Å². The molecule has 1 aliphatic rings. The number of amidine groups is 1. The number of carbonyl (C=O) groups excluding carboxylic acids is 1. The first-order valence-corrected chi connectivity index (χ1v) is 7.12. The van der Waals surface area contributed by atoms with Gasteiger partial charge in [0.15, 0.2) is 5.84 Å². The molecule has 1 aromatic heterocycles. The molecule has 0 unspecified atom stereocenters. The molecular formula is C14H21N5O2. The van der Waals surface area contributed by atoms with Crippen LogP contribution < -0.4 is 16.4 Å². The van der Waals surface area contributed by atoms with Crippen molar-refractivity contribution in [2.45, 2.75) is 38.3 Å². The molecule has 1 heterocycles. The van der Waals surface area contributed by atoms with Crippen LogP contribution in [-0.4, -0.2) is 34.5 Å². The molecular weight excluding hydrogens is 270 g/mol. The van der Waals surface area contributed by atoms with Gasteiger partial charge in [0.2, 0.25) is 5.91 Å². The third-order valence-electron chi connectivity index (χ3n) is 3.22. The molecule has 0 aliphatic heterocycles. The van der Waals surface area contributed by atoms with E-state index in [2.05, 4.69) is 20.8 Å². The van der Waals surface area contributed by atoms with E-state index in [1.165, 1.54) is 0 Å². The number of rotatable bonds is 8. The summed E-state index contributed by atoms with van der Waals surface area (Å²) in [5.41, 5.74) is 6.93. The van der Waals surface area contributed by atoms with E-state index in [0.29, 0.717) is 24.7 Å². The highest BCUT2D eigenvalue weighted by Crippen LogP contribution is 2.18. The molecule has 1 amide bonds. The summed E-state index contributed by atoms with van der Waals surface area (Å²) in [7, 11) is 0. The van der Waals surface area contributed by atoms with Crippen molar-refractivity contribution in [3.8, 4) is 0 Å². The fourth-order valence-corrected chi connectivity index (χ4v) is 1.91. The van der Waals surface area contributed by atoms with E-state index < -0.39 is 0 Å². The summed E-state index contributed by atoms with van der Waals surface area (Å²) in [5, 5.41) is 17.8. The Morgan fingerprint density at radius 2 is 2.33 bits per heavy atom. The first-order valence-electron chi connectivity index (χ1n) is 7.12. The molecule has 0 radical (unpaired) electrons. The molecule has 1 aliphatic carbocycles. The number of hydrogen-bond acceptors (Lipinski definition) is 5. The lowest BCUT2D eigenvalue weighted by molar-refractivity contribution is -0.121. The second kappa shape index (κ2) is 7.58. The number of amides is 1. The predicted molar refractivity (Wildman–Crippen MR) is 78.9 cm³/mol. The minimum absolute atomic E-state index is 0.00593. The molecule has 5 N–H and O–H groups in total. The third kappa shape index (κ3) is 5.39. The molecule has 0 bridgehead atoms. The van der Waals surface area contributed by atoms with E-state index in [9.17, 15) is 4.79 Å². The zero-order valence-electron chi connectivity index (χ0n) is 11.9. The highest BCUT2D eigenvalue weighted by atomic mass is 16.4. The molecule has 7 heteroatoms. The Morgan fingerprint density at radius 1 is 1.52 bits per heavy atom. The number of pyridine rings is 1. The fraction of sp³-hybridized carbons (Fsp3) is 0.500.